The van der Waals surface area contributed by atoms with Crippen molar-refractivity contribution in [3.05, 3.63) is 12.8 Å². The van der Waals surface area contributed by atoms with Crippen molar-refractivity contribution in [2.75, 3.05) is 0 Å². The molecular formula is C14H22O6Zr. The van der Waals surface area contributed by atoms with Crippen LogP contribution in [-0.2, 0) is 45.4 Å². The van der Waals surface area contributed by atoms with E-state index in [1.54, 1.807) is 13.8 Å². The summed E-state index contributed by atoms with van der Waals surface area (Å²) in [4.78, 5) is 41.4. The average Bonchev–Trinajstić information content (AvgIpc) is 2.32. The summed E-state index contributed by atoms with van der Waals surface area (Å²) >= 11 is 0. The number of Topliss-reactive ketones (excluding diaryl/α,β-unsaturated/α-hetero) is 2. The van der Waals surface area contributed by atoms with Crippen LogP contribution in [-0.4, -0.2) is 33.7 Å². The first-order chi connectivity index (χ1) is 9.15. The van der Waals surface area contributed by atoms with E-state index in [4.69, 9.17) is 10.2 Å². The zero-order chi connectivity index (χ0) is 16.3. The number of carbonyl (C=O) groups excluding carboxylic acids is 2. The van der Waals surface area contributed by atoms with Crippen molar-refractivity contribution in [2.45, 2.75) is 40.5 Å². The largest absolute Gasteiger partial charge is 2.00 e. The Morgan fingerprint density at radius 3 is 1.10 bits per heavy atom. The third kappa shape index (κ3) is 15.1. The first-order valence-electron chi connectivity index (χ1n) is 6.32. The Morgan fingerprint density at radius 2 is 1.05 bits per heavy atom. The van der Waals surface area contributed by atoms with Crippen molar-refractivity contribution in [2.24, 2.45) is 11.8 Å². The first kappa shape index (κ1) is 24.9. The van der Waals surface area contributed by atoms with Gasteiger partial charge in [-0.05, 0) is 13.8 Å². The van der Waals surface area contributed by atoms with Crippen molar-refractivity contribution in [1.29, 1.82) is 0 Å². The quantitative estimate of drug-likeness (QED) is 0.624. The summed E-state index contributed by atoms with van der Waals surface area (Å²) in [5.74, 6) is -3.08. The third-order valence-electron chi connectivity index (χ3n) is 2.61. The Hall–Kier alpha value is -1.10. The van der Waals surface area contributed by atoms with Gasteiger partial charge in [0.2, 0.25) is 0 Å². The Morgan fingerprint density at radius 1 is 0.810 bits per heavy atom. The summed E-state index contributed by atoms with van der Waals surface area (Å²) in [7, 11) is 0. The molecule has 0 aliphatic rings. The maximum atomic E-state index is 10.6. The van der Waals surface area contributed by atoms with Gasteiger partial charge in [-0.1, -0.05) is 38.5 Å². The smallest absolute Gasteiger partial charge is 0.503 e. The minimum absolute atomic E-state index is 0. The fraction of sp³-hybridized carbons (Fsp3) is 0.571. The van der Waals surface area contributed by atoms with Crippen LogP contribution in [0.1, 0.15) is 40.5 Å². The molecule has 0 fully saturated rings. The number of rotatable bonds is 8. The van der Waals surface area contributed by atoms with Crippen LogP contribution in [0.25, 0.3) is 0 Å². The summed E-state index contributed by atoms with van der Waals surface area (Å²) < 4.78 is 0. The molecule has 2 atom stereocenters. The van der Waals surface area contributed by atoms with Crippen molar-refractivity contribution in [1.82, 2.24) is 0 Å². The molecule has 21 heavy (non-hydrogen) atoms. The maximum Gasteiger partial charge on any atom is 2.00 e. The molecule has 6 nitrogen and oxygen atoms in total. The molecular weight excluding hydrogens is 355 g/mol. The Labute approximate surface area is 144 Å². The van der Waals surface area contributed by atoms with Crippen LogP contribution in [0.3, 0.4) is 0 Å². The van der Waals surface area contributed by atoms with Gasteiger partial charge in [0.15, 0.2) is 11.9 Å². The molecule has 0 saturated carbocycles. The summed E-state index contributed by atoms with van der Waals surface area (Å²) in [6, 6.07) is 0. The Bertz CT molecular complexity index is 319. The van der Waals surface area contributed by atoms with E-state index in [0.717, 1.165) is 12.8 Å². The molecule has 0 rings (SSSR count). The molecule has 0 aromatic heterocycles. The molecule has 118 valence electrons. The van der Waals surface area contributed by atoms with Gasteiger partial charge in [-0.2, -0.15) is 0 Å². The van der Waals surface area contributed by atoms with Crippen LogP contribution in [0.15, 0.2) is 0 Å². The zero-order valence-corrected chi connectivity index (χ0v) is 15.2. The van der Waals surface area contributed by atoms with Crippen molar-refractivity contribution in [3.8, 4) is 0 Å². The van der Waals surface area contributed by atoms with Gasteiger partial charge in [-0.3, -0.25) is 22.4 Å². The van der Waals surface area contributed by atoms with Gasteiger partial charge < -0.3 is 19.8 Å². The number of carboxylic acids is 2. The second-order valence-corrected chi connectivity index (χ2v) is 4.26. The molecule has 0 saturated heterocycles. The van der Waals surface area contributed by atoms with E-state index in [0.29, 0.717) is 12.8 Å². The summed E-state index contributed by atoms with van der Waals surface area (Å²) in [5, 5.41) is 16.5. The fourth-order valence-electron chi connectivity index (χ4n) is 1.39. The number of ketones is 2. The summed E-state index contributed by atoms with van der Waals surface area (Å²) in [6.07, 6.45) is 3.17. The van der Waals surface area contributed by atoms with E-state index >= 15 is 0 Å². The van der Waals surface area contributed by atoms with Crippen molar-refractivity contribution in [3.63, 3.8) is 0 Å². The van der Waals surface area contributed by atoms with Gasteiger partial charge >= 0.3 is 26.2 Å². The Balaban J connectivity index is -0.000000295. The molecule has 0 aliphatic carbocycles. The monoisotopic (exact) mass is 376 g/mol. The first-order valence-corrected chi connectivity index (χ1v) is 6.32. The Kier molecular flexibility index (Phi) is 16.4. The van der Waals surface area contributed by atoms with E-state index in [2.05, 4.69) is 0 Å². The number of aliphatic carboxylic acids is 2. The maximum absolute atomic E-state index is 10.6. The molecule has 7 heteroatoms. The van der Waals surface area contributed by atoms with Gasteiger partial charge in [0.1, 0.15) is 11.6 Å². The molecule has 2 unspecified atom stereocenters. The standard InChI is InChI=1S/2C7H11O3.Zr/c2*1-3-6(5(2)8)4-7(9)10;/h2*4,6H,3H2,1-2H3,(H,9,10);/q2*-1;+2. The van der Waals surface area contributed by atoms with E-state index < -0.39 is 23.8 Å². The molecule has 0 amide bonds. The van der Waals surface area contributed by atoms with Gasteiger partial charge in [0.05, 0.1) is 0 Å². The predicted octanol–water partition coefficient (Wildman–Crippen LogP) is 1.78. The molecule has 2 N–H and O–H groups in total. The minimum Gasteiger partial charge on any atom is -0.503 e. The molecule has 0 bridgehead atoms. The van der Waals surface area contributed by atoms with Crippen molar-refractivity contribution >= 4 is 23.5 Å². The zero-order valence-electron chi connectivity index (χ0n) is 12.8. The van der Waals surface area contributed by atoms with E-state index in [1.807, 2.05) is 0 Å². The molecule has 0 radical (unpaired) electrons. The molecule has 0 aromatic carbocycles. The summed E-state index contributed by atoms with van der Waals surface area (Å²) in [6.45, 7) is 6.36. The van der Waals surface area contributed by atoms with Gasteiger partial charge in [-0.25, -0.2) is 0 Å². The molecule has 0 heterocycles. The topological polar surface area (TPSA) is 109 Å². The van der Waals surface area contributed by atoms with Crippen LogP contribution in [0.4, 0.5) is 0 Å². The fourth-order valence-corrected chi connectivity index (χ4v) is 1.39. The number of hydrogen-bond acceptors (Lipinski definition) is 4. The normalized spacial score (nSPS) is 11.6. The third-order valence-corrected chi connectivity index (χ3v) is 2.61. The van der Waals surface area contributed by atoms with Crippen LogP contribution < -0.4 is 0 Å². The van der Waals surface area contributed by atoms with Crippen LogP contribution in [0.5, 0.6) is 0 Å². The average molecular weight is 378 g/mol. The van der Waals surface area contributed by atoms with Crippen molar-refractivity contribution < 1.29 is 55.6 Å². The van der Waals surface area contributed by atoms with Gasteiger partial charge in [0.25, 0.3) is 0 Å². The van der Waals surface area contributed by atoms with Crippen LogP contribution in [0, 0.1) is 24.7 Å². The second kappa shape index (κ2) is 13.9. The van der Waals surface area contributed by atoms with E-state index in [1.165, 1.54) is 13.8 Å². The van der Waals surface area contributed by atoms with Crippen LogP contribution in [0.2, 0.25) is 0 Å². The summed E-state index contributed by atoms with van der Waals surface area (Å²) in [5.41, 5.74) is 0. The minimum atomic E-state index is -1.03. The van der Waals surface area contributed by atoms with Gasteiger partial charge in [-0.15, -0.1) is 0 Å². The molecule has 0 aromatic rings. The number of carboxylic acid groups (broad SMARTS) is 2. The molecule has 0 spiro atoms. The van der Waals surface area contributed by atoms with Gasteiger partial charge in [0, 0.05) is 0 Å². The van der Waals surface area contributed by atoms with E-state index in [-0.39, 0.29) is 37.8 Å². The predicted molar refractivity (Wildman–Crippen MR) is 72.8 cm³/mol. The number of hydrogen-bond donors (Lipinski definition) is 2. The molecule has 0 aliphatic heterocycles. The SMILES string of the molecule is CCC([CH-]C(=O)O)C(C)=O.CCC([CH-]C(=O)O)C(C)=O.[Zr+2]. The van der Waals surface area contributed by atoms with Crippen LogP contribution >= 0.6 is 0 Å². The van der Waals surface area contributed by atoms with E-state index in [9.17, 15) is 19.2 Å². The second-order valence-electron chi connectivity index (χ2n) is 4.26. The number of carbonyl (C=O) groups is 4.